The highest BCUT2D eigenvalue weighted by molar-refractivity contribution is 5.41. The van der Waals surface area contributed by atoms with Gasteiger partial charge in [0.2, 0.25) is 0 Å². The Bertz CT molecular complexity index is 893. The van der Waals surface area contributed by atoms with E-state index in [0.29, 0.717) is 23.2 Å². The van der Waals surface area contributed by atoms with Gasteiger partial charge < -0.3 is 0 Å². The third-order valence-corrected chi connectivity index (χ3v) is 3.82. The van der Waals surface area contributed by atoms with Crippen molar-refractivity contribution in [2.75, 3.05) is 0 Å². The quantitative estimate of drug-likeness (QED) is 0.807. The smallest absolute Gasteiger partial charge is 0.276 e. The Labute approximate surface area is 127 Å². The molecule has 0 radical (unpaired) electrons. The first kappa shape index (κ1) is 14.5. The third-order valence-electron chi connectivity index (χ3n) is 3.82. The molecule has 3 rings (SSSR count). The molecular formula is C17H18FN3O. The van der Waals surface area contributed by atoms with Crippen molar-refractivity contribution in [2.24, 2.45) is 0 Å². The molecule has 0 amide bonds. The topological polar surface area (TPSA) is 50.2 Å². The minimum absolute atomic E-state index is 0.0966. The van der Waals surface area contributed by atoms with Crippen LogP contribution < -0.4 is 5.56 Å². The zero-order chi connectivity index (χ0) is 15.9. The second-order valence-corrected chi connectivity index (χ2v) is 5.85. The van der Waals surface area contributed by atoms with Crippen molar-refractivity contribution >= 4 is 5.65 Å². The molecule has 0 atom stereocenters. The predicted molar refractivity (Wildman–Crippen MR) is 83.8 cm³/mol. The van der Waals surface area contributed by atoms with Crippen molar-refractivity contribution in [3.8, 4) is 0 Å². The molecule has 22 heavy (non-hydrogen) atoms. The van der Waals surface area contributed by atoms with Crippen molar-refractivity contribution in [2.45, 2.75) is 33.1 Å². The summed E-state index contributed by atoms with van der Waals surface area (Å²) in [7, 11) is 0. The molecule has 4 nitrogen and oxygen atoms in total. The van der Waals surface area contributed by atoms with Gasteiger partial charge in [-0.15, -0.1) is 0 Å². The summed E-state index contributed by atoms with van der Waals surface area (Å²) < 4.78 is 14.8. The molecule has 0 unspecified atom stereocenters. The lowest BCUT2D eigenvalue weighted by Crippen LogP contribution is -2.23. The molecule has 0 saturated carbocycles. The molecule has 2 aromatic heterocycles. The minimum atomic E-state index is -0.234. The summed E-state index contributed by atoms with van der Waals surface area (Å²) >= 11 is 0. The molecule has 0 aliphatic carbocycles. The van der Waals surface area contributed by atoms with E-state index in [0.717, 1.165) is 11.3 Å². The summed E-state index contributed by atoms with van der Waals surface area (Å²) in [6.07, 6.45) is 2.14. The largest absolute Gasteiger partial charge is 0.297 e. The molecule has 1 aromatic carbocycles. The molecule has 3 aromatic rings. The van der Waals surface area contributed by atoms with E-state index in [-0.39, 0.29) is 17.3 Å². The molecule has 0 spiro atoms. The number of hydrogen-bond acceptors (Lipinski definition) is 2. The van der Waals surface area contributed by atoms with E-state index in [1.807, 2.05) is 13.8 Å². The van der Waals surface area contributed by atoms with Crippen molar-refractivity contribution < 1.29 is 4.39 Å². The minimum Gasteiger partial charge on any atom is -0.297 e. The second kappa shape index (κ2) is 5.40. The van der Waals surface area contributed by atoms with Crippen LogP contribution in [-0.2, 0) is 6.42 Å². The van der Waals surface area contributed by atoms with Crippen LogP contribution in [0.3, 0.4) is 0 Å². The van der Waals surface area contributed by atoms with E-state index < -0.39 is 0 Å². The summed E-state index contributed by atoms with van der Waals surface area (Å²) in [5.41, 5.74) is 3.46. The predicted octanol–water partition coefficient (Wildman–Crippen LogP) is 3.18. The zero-order valence-electron chi connectivity index (χ0n) is 12.9. The molecule has 0 fully saturated rings. The molecule has 0 bridgehead atoms. The Hall–Kier alpha value is -2.43. The van der Waals surface area contributed by atoms with E-state index in [2.05, 4.69) is 10.1 Å². The van der Waals surface area contributed by atoms with Gasteiger partial charge in [-0.05, 0) is 30.0 Å². The van der Waals surface area contributed by atoms with Gasteiger partial charge in [0.15, 0.2) is 5.65 Å². The number of H-pyrrole nitrogens is 1. The molecule has 0 aliphatic heterocycles. The maximum absolute atomic E-state index is 13.4. The Morgan fingerprint density at radius 1 is 1.32 bits per heavy atom. The number of nitrogens with zero attached hydrogens (tertiary/aromatic N) is 2. The summed E-state index contributed by atoms with van der Waals surface area (Å²) in [5.74, 6) is -0.0911. The number of benzene rings is 1. The Morgan fingerprint density at radius 3 is 2.77 bits per heavy atom. The Kier molecular flexibility index (Phi) is 3.56. The number of rotatable bonds is 3. The van der Waals surface area contributed by atoms with E-state index >= 15 is 0 Å². The number of hydrogen-bond donors (Lipinski definition) is 1. The van der Waals surface area contributed by atoms with Gasteiger partial charge in [0, 0.05) is 24.2 Å². The maximum Gasteiger partial charge on any atom is 0.276 e. The lowest BCUT2D eigenvalue weighted by molar-refractivity contribution is 0.617. The van der Waals surface area contributed by atoms with Crippen molar-refractivity contribution in [3.05, 3.63) is 69.0 Å². The maximum atomic E-state index is 13.4. The van der Waals surface area contributed by atoms with Crippen molar-refractivity contribution in [1.82, 2.24) is 14.6 Å². The third kappa shape index (κ3) is 2.43. The van der Waals surface area contributed by atoms with Crippen LogP contribution in [0, 0.1) is 12.7 Å². The van der Waals surface area contributed by atoms with E-state index in [4.69, 9.17) is 0 Å². The van der Waals surface area contributed by atoms with Gasteiger partial charge in [0.1, 0.15) is 5.82 Å². The van der Waals surface area contributed by atoms with Gasteiger partial charge in [-0.3, -0.25) is 9.89 Å². The number of aromatic amines is 1. The lowest BCUT2D eigenvalue weighted by atomic mass is 9.98. The first-order valence-electron chi connectivity index (χ1n) is 7.31. The first-order chi connectivity index (χ1) is 10.5. The Balaban J connectivity index is 2.15. The van der Waals surface area contributed by atoms with Gasteiger partial charge in [-0.25, -0.2) is 13.9 Å². The number of aryl methyl sites for hydroxylation is 1. The van der Waals surface area contributed by atoms with Crippen LogP contribution in [0.2, 0.25) is 0 Å². The molecule has 5 heteroatoms. The normalized spacial score (nSPS) is 11.5. The average Bonchev–Trinajstić information content (AvgIpc) is 2.94. The van der Waals surface area contributed by atoms with E-state index in [1.165, 1.54) is 10.6 Å². The van der Waals surface area contributed by atoms with Crippen LogP contribution >= 0.6 is 0 Å². The molecule has 0 saturated heterocycles. The van der Waals surface area contributed by atoms with Crippen molar-refractivity contribution in [1.29, 1.82) is 0 Å². The monoisotopic (exact) mass is 299 g/mol. The lowest BCUT2D eigenvalue weighted by Gasteiger charge is -2.12. The molecule has 2 heterocycles. The molecule has 114 valence electrons. The zero-order valence-corrected chi connectivity index (χ0v) is 12.9. The summed E-state index contributed by atoms with van der Waals surface area (Å²) in [5, 5.41) is 2.88. The number of nitrogens with one attached hydrogen (secondary N) is 1. The highest BCUT2D eigenvalue weighted by Crippen LogP contribution is 2.19. The van der Waals surface area contributed by atoms with Crippen LogP contribution in [-0.4, -0.2) is 14.6 Å². The van der Waals surface area contributed by atoms with E-state index in [1.54, 1.807) is 31.3 Å². The van der Waals surface area contributed by atoms with Gasteiger partial charge in [0.05, 0.1) is 5.69 Å². The fraction of sp³-hybridized carbons (Fsp3) is 0.294. The summed E-state index contributed by atoms with van der Waals surface area (Å²) in [6.45, 7) is 5.76. The summed E-state index contributed by atoms with van der Waals surface area (Å²) in [4.78, 5) is 17.3. The highest BCUT2D eigenvalue weighted by atomic mass is 19.1. The fourth-order valence-corrected chi connectivity index (χ4v) is 2.68. The second-order valence-electron chi connectivity index (χ2n) is 5.85. The fourth-order valence-electron chi connectivity index (χ4n) is 2.68. The number of fused-ring (bicyclic) bond motifs is 1. The Morgan fingerprint density at radius 2 is 2.09 bits per heavy atom. The average molecular weight is 299 g/mol. The van der Waals surface area contributed by atoms with Crippen LogP contribution in [0.15, 0.2) is 35.3 Å². The first-order valence-corrected chi connectivity index (χ1v) is 7.31. The summed E-state index contributed by atoms with van der Waals surface area (Å²) in [6, 6.07) is 6.72. The van der Waals surface area contributed by atoms with Gasteiger partial charge >= 0.3 is 0 Å². The van der Waals surface area contributed by atoms with Crippen molar-refractivity contribution in [3.63, 3.8) is 0 Å². The standard InChI is InChI=1S/C17H18FN3O/c1-10(2)16-13(9-12-4-5-14(18)11(3)8-12)17(22)21-15(20-16)6-7-19-21/h4-8,10,19H,9H2,1-3H3. The van der Waals surface area contributed by atoms with Gasteiger partial charge in [-0.1, -0.05) is 26.0 Å². The van der Waals surface area contributed by atoms with E-state index in [9.17, 15) is 9.18 Å². The highest BCUT2D eigenvalue weighted by Gasteiger charge is 2.16. The van der Waals surface area contributed by atoms with Gasteiger partial charge in [0.25, 0.3) is 5.56 Å². The SMILES string of the molecule is Cc1cc(Cc2c(C(C)C)nc3cc[nH]n3c2=O)ccc1F. The van der Waals surface area contributed by atoms with Crippen LogP contribution in [0.5, 0.6) is 0 Å². The van der Waals surface area contributed by atoms with Gasteiger partial charge in [-0.2, -0.15) is 0 Å². The number of halogens is 1. The molecular weight excluding hydrogens is 281 g/mol. The van der Waals surface area contributed by atoms with Crippen LogP contribution in [0.1, 0.15) is 42.1 Å². The van der Waals surface area contributed by atoms with Crippen LogP contribution in [0.25, 0.3) is 5.65 Å². The molecule has 0 aliphatic rings. The number of aromatic nitrogens is 3. The molecule has 1 N–H and O–H groups in total. The van der Waals surface area contributed by atoms with Crippen LogP contribution in [0.4, 0.5) is 4.39 Å².